The highest BCUT2D eigenvalue weighted by molar-refractivity contribution is 7.80. The maximum absolute atomic E-state index is 13.0. The number of methoxy groups -OCH3 is 1. The Morgan fingerprint density at radius 2 is 1.61 bits per heavy atom. The Hall–Kier alpha value is -2.67. The molecule has 2 amide bonds. The van der Waals surface area contributed by atoms with Crippen LogP contribution >= 0.6 is 12.2 Å². The van der Waals surface area contributed by atoms with Crippen molar-refractivity contribution < 1.29 is 14.3 Å². The van der Waals surface area contributed by atoms with Gasteiger partial charge in [0.2, 0.25) is 0 Å². The van der Waals surface area contributed by atoms with Gasteiger partial charge in [-0.1, -0.05) is 6.08 Å². The topological polar surface area (TPSA) is 53.1 Å². The molecule has 1 fully saturated rings. The Labute approximate surface area is 190 Å². The van der Waals surface area contributed by atoms with Crippen molar-refractivity contribution in [3.8, 4) is 5.75 Å². The van der Waals surface area contributed by atoms with Crippen molar-refractivity contribution >= 4 is 46.5 Å². The van der Waals surface area contributed by atoms with Gasteiger partial charge in [0.05, 0.1) is 12.6 Å². The summed E-state index contributed by atoms with van der Waals surface area (Å²) in [5.41, 5.74) is 3.98. The molecule has 0 aromatic heterocycles. The first kappa shape index (κ1) is 23.0. The summed E-state index contributed by atoms with van der Waals surface area (Å²) in [4.78, 5) is 31.3. The quantitative estimate of drug-likeness (QED) is 0.391. The van der Waals surface area contributed by atoms with E-state index in [4.69, 9.17) is 17.0 Å². The van der Waals surface area contributed by atoms with E-state index in [2.05, 4.69) is 38.7 Å². The number of allylic oxidation sites excluding steroid dienone is 1. The van der Waals surface area contributed by atoms with Crippen molar-refractivity contribution in [3.05, 3.63) is 34.9 Å². The molecule has 6 nitrogen and oxygen atoms in total. The lowest BCUT2D eigenvalue weighted by atomic mass is 9.87. The average molecular weight is 442 g/mol. The second-order valence-corrected chi connectivity index (χ2v) is 8.64. The predicted octanol–water partition coefficient (Wildman–Crippen LogP) is 4.10. The third-order valence-electron chi connectivity index (χ3n) is 5.99. The second kappa shape index (κ2) is 8.46. The summed E-state index contributed by atoms with van der Waals surface area (Å²) in [7, 11) is 1.60. The summed E-state index contributed by atoms with van der Waals surface area (Å²) in [6, 6.07) is 4.01. The standard InChI is InChI=1S/C24H31N3O3S/c1-8-25-21(28)18(22(29)26(9-2)23(25)31)12-16-11-17-15(4)14-24(5,6)27(10-3)19(17)13-20(16)30-7/h11-14H,8-10H2,1-7H3. The molecule has 166 valence electrons. The van der Waals surface area contributed by atoms with Gasteiger partial charge >= 0.3 is 0 Å². The Morgan fingerprint density at radius 3 is 2.10 bits per heavy atom. The molecule has 0 bridgehead atoms. The lowest BCUT2D eigenvalue weighted by Crippen LogP contribution is -2.55. The maximum Gasteiger partial charge on any atom is 0.265 e. The Bertz CT molecular complexity index is 982. The molecule has 0 N–H and O–H groups in total. The summed E-state index contributed by atoms with van der Waals surface area (Å²) >= 11 is 5.36. The predicted molar refractivity (Wildman–Crippen MR) is 129 cm³/mol. The number of benzene rings is 1. The van der Waals surface area contributed by atoms with E-state index in [1.165, 1.54) is 9.80 Å². The number of hydrogen-bond donors (Lipinski definition) is 0. The van der Waals surface area contributed by atoms with E-state index >= 15 is 0 Å². The van der Waals surface area contributed by atoms with Crippen LogP contribution in [0, 0.1) is 0 Å². The number of fused-ring (bicyclic) bond motifs is 1. The van der Waals surface area contributed by atoms with Gasteiger partial charge in [0, 0.05) is 42.5 Å². The van der Waals surface area contributed by atoms with Gasteiger partial charge in [-0.25, -0.2) is 0 Å². The fourth-order valence-electron chi connectivity index (χ4n) is 4.53. The lowest BCUT2D eigenvalue weighted by molar-refractivity contribution is -0.133. The van der Waals surface area contributed by atoms with Gasteiger partial charge in [-0.2, -0.15) is 0 Å². The van der Waals surface area contributed by atoms with Gasteiger partial charge in [0.15, 0.2) is 5.11 Å². The third kappa shape index (κ3) is 3.76. The van der Waals surface area contributed by atoms with Crippen LogP contribution in [0.5, 0.6) is 5.75 Å². The minimum absolute atomic E-state index is 0.0978. The number of carbonyl (C=O) groups is 2. The van der Waals surface area contributed by atoms with Gasteiger partial charge < -0.3 is 9.64 Å². The van der Waals surface area contributed by atoms with Crippen LogP contribution in [0.2, 0.25) is 0 Å². The first-order valence-corrected chi connectivity index (χ1v) is 11.1. The van der Waals surface area contributed by atoms with E-state index in [1.807, 2.05) is 26.0 Å². The first-order chi connectivity index (χ1) is 14.6. The zero-order chi connectivity index (χ0) is 23.1. The molecule has 1 saturated heterocycles. The summed E-state index contributed by atoms with van der Waals surface area (Å²) in [5.74, 6) is -0.119. The Kier molecular flexibility index (Phi) is 6.28. The van der Waals surface area contributed by atoms with Crippen LogP contribution in [0.3, 0.4) is 0 Å². The molecular weight excluding hydrogens is 410 g/mol. The smallest absolute Gasteiger partial charge is 0.265 e. The highest BCUT2D eigenvalue weighted by Crippen LogP contribution is 2.42. The van der Waals surface area contributed by atoms with Crippen LogP contribution in [-0.4, -0.2) is 59.0 Å². The number of hydrogen-bond acceptors (Lipinski definition) is 5. The van der Waals surface area contributed by atoms with Gasteiger partial charge in [0.1, 0.15) is 11.3 Å². The molecule has 3 rings (SSSR count). The number of carbonyl (C=O) groups excluding carboxylic acids is 2. The number of ether oxygens (including phenoxy) is 1. The molecule has 7 heteroatoms. The van der Waals surface area contributed by atoms with E-state index in [-0.39, 0.29) is 28.0 Å². The largest absolute Gasteiger partial charge is 0.496 e. The van der Waals surface area contributed by atoms with Crippen LogP contribution in [0.15, 0.2) is 23.8 Å². The Morgan fingerprint density at radius 1 is 1.03 bits per heavy atom. The molecule has 1 aromatic rings. The van der Waals surface area contributed by atoms with E-state index in [0.29, 0.717) is 24.4 Å². The number of amides is 2. The zero-order valence-corrected chi connectivity index (χ0v) is 20.2. The molecule has 0 atom stereocenters. The molecule has 31 heavy (non-hydrogen) atoms. The van der Waals surface area contributed by atoms with Crippen molar-refractivity contribution in [1.29, 1.82) is 0 Å². The number of rotatable bonds is 5. The SMILES string of the molecule is CCN1C(=O)C(=Cc2cc3c(cc2OC)N(CC)C(C)(C)C=C3C)C(=O)N(CC)C1=S. The van der Waals surface area contributed by atoms with E-state index in [9.17, 15) is 9.59 Å². The summed E-state index contributed by atoms with van der Waals surface area (Å²) < 4.78 is 5.68. The van der Waals surface area contributed by atoms with Gasteiger partial charge in [0.25, 0.3) is 11.8 Å². The lowest BCUT2D eigenvalue weighted by Gasteiger charge is -2.43. The van der Waals surface area contributed by atoms with E-state index in [1.54, 1.807) is 13.2 Å². The minimum atomic E-state index is -0.370. The van der Waals surface area contributed by atoms with Crippen LogP contribution in [-0.2, 0) is 9.59 Å². The molecule has 0 spiro atoms. The molecule has 1 aromatic carbocycles. The third-order valence-corrected chi connectivity index (χ3v) is 6.43. The summed E-state index contributed by atoms with van der Waals surface area (Å²) in [5, 5.41) is 0.258. The van der Waals surface area contributed by atoms with Gasteiger partial charge in [-0.05, 0) is 71.5 Å². The average Bonchev–Trinajstić information content (AvgIpc) is 2.71. The monoisotopic (exact) mass is 441 g/mol. The molecule has 0 radical (unpaired) electrons. The number of nitrogens with zero attached hydrogens (tertiary/aromatic N) is 3. The van der Waals surface area contributed by atoms with Crippen LogP contribution < -0.4 is 9.64 Å². The van der Waals surface area contributed by atoms with Gasteiger partial charge in [-0.3, -0.25) is 19.4 Å². The van der Waals surface area contributed by atoms with Crippen molar-refractivity contribution in [2.24, 2.45) is 0 Å². The Balaban J connectivity index is 2.19. The van der Waals surface area contributed by atoms with Gasteiger partial charge in [-0.15, -0.1) is 0 Å². The minimum Gasteiger partial charge on any atom is -0.496 e. The fraction of sp³-hybridized carbons (Fsp3) is 0.458. The molecule has 2 aliphatic heterocycles. The number of likely N-dealkylation sites (N-methyl/N-ethyl adjacent to an activating group) is 3. The molecule has 0 aliphatic carbocycles. The second-order valence-electron chi connectivity index (χ2n) is 8.28. The normalized spacial score (nSPS) is 18.3. The van der Waals surface area contributed by atoms with Crippen molar-refractivity contribution in [1.82, 2.24) is 9.80 Å². The highest BCUT2D eigenvalue weighted by atomic mass is 32.1. The number of thiocarbonyl (C=S) groups is 1. The van der Waals surface area contributed by atoms with Crippen molar-refractivity contribution in [2.75, 3.05) is 31.6 Å². The van der Waals surface area contributed by atoms with E-state index in [0.717, 1.165) is 23.4 Å². The first-order valence-electron chi connectivity index (χ1n) is 10.7. The molecule has 2 heterocycles. The zero-order valence-electron chi connectivity index (χ0n) is 19.4. The van der Waals surface area contributed by atoms with Crippen LogP contribution in [0.4, 0.5) is 5.69 Å². The molecule has 0 unspecified atom stereocenters. The van der Waals surface area contributed by atoms with Crippen molar-refractivity contribution in [3.63, 3.8) is 0 Å². The van der Waals surface area contributed by atoms with Crippen LogP contribution in [0.25, 0.3) is 11.6 Å². The maximum atomic E-state index is 13.0. The molecule has 0 saturated carbocycles. The van der Waals surface area contributed by atoms with E-state index < -0.39 is 0 Å². The van der Waals surface area contributed by atoms with Crippen LogP contribution in [0.1, 0.15) is 52.7 Å². The van der Waals surface area contributed by atoms with Crippen molar-refractivity contribution in [2.45, 2.75) is 47.1 Å². The highest BCUT2D eigenvalue weighted by Gasteiger charge is 2.38. The summed E-state index contributed by atoms with van der Waals surface area (Å²) in [6.07, 6.45) is 3.88. The molecule has 2 aliphatic rings. The number of anilines is 1. The fourth-order valence-corrected chi connectivity index (χ4v) is 4.95. The summed E-state index contributed by atoms with van der Waals surface area (Å²) in [6.45, 7) is 13.9. The molecular formula is C24H31N3O3S.